The fourth-order valence-corrected chi connectivity index (χ4v) is 4.52. The van der Waals surface area contributed by atoms with Gasteiger partial charge in [0.2, 0.25) is 17.7 Å². The summed E-state index contributed by atoms with van der Waals surface area (Å²) >= 11 is 6.33. The number of methoxy groups -OCH3 is 1. The molecule has 0 aliphatic heterocycles. The lowest BCUT2D eigenvalue weighted by Crippen LogP contribution is -2.23. The molecule has 37 heavy (non-hydrogen) atoms. The zero-order valence-corrected chi connectivity index (χ0v) is 21.3. The molecule has 5 rings (SSSR count). The molecule has 9 nitrogen and oxygen atoms in total. The van der Waals surface area contributed by atoms with Crippen LogP contribution in [0.2, 0.25) is 5.02 Å². The van der Waals surface area contributed by atoms with E-state index in [9.17, 15) is 10.5 Å². The first kappa shape index (κ1) is 24.0. The number of benzene rings is 1. The van der Waals surface area contributed by atoms with Crippen LogP contribution in [0.15, 0.2) is 60.0 Å². The molecule has 10 heteroatoms. The van der Waals surface area contributed by atoms with Crippen molar-refractivity contribution < 1.29 is 4.74 Å². The third-order valence-electron chi connectivity index (χ3n) is 6.32. The Morgan fingerprint density at radius 3 is 2.46 bits per heavy atom. The number of aromatic nitrogens is 5. The number of hydrogen-bond donors (Lipinski definition) is 0. The lowest BCUT2D eigenvalue weighted by molar-refractivity contribution is 0.398. The Bertz CT molecular complexity index is 1840. The zero-order valence-electron chi connectivity index (χ0n) is 20.6. The van der Waals surface area contributed by atoms with Gasteiger partial charge in [-0.25, -0.2) is 4.98 Å². The maximum atomic E-state index is 9.50. The van der Waals surface area contributed by atoms with Gasteiger partial charge >= 0.3 is 0 Å². The monoisotopic (exact) mass is 508 g/mol. The number of halogens is 1. The number of pyridine rings is 3. The summed E-state index contributed by atoms with van der Waals surface area (Å²) in [6.45, 7) is 3.63. The summed E-state index contributed by atoms with van der Waals surface area (Å²) in [4.78, 5) is 17.6. The SMILES string of the molecule is COc1ncc(-c2ccc3ncc4c(c3c2)n(-c2ccc(C(C)(C)C#N)nc2)/c(=N\C#N)n4C)cc1Cl. The fraction of sp³-hybridized carbons (Fsp3) is 0.185. The molecule has 0 fully saturated rings. The molecule has 0 aliphatic carbocycles. The van der Waals surface area contributed by atoms with Crippen LogP contribution in [-0.2, 0) is 12.5 Å². The van der Waals surface area contributed by atoms with Crippen LogP contribution in [-0.4, -0.2) is 31.2 Å². The molecule has 1 aromatic carbocycles. The van der Waals surface area contributed by atoms with Crippen molar-refractivity contribution in [1.29, 1.82) is 10.5 Å². The molecule has 0 bridgehead atoms. The molecule has 4 aromatic heterocycles. The van der Waals surface area contributed by atoms with Crippen LogP contribution in [0.5, 0.6) is 5.88 Å². The van der Waals surface area contributed by atoms with Gasteiger partial charge in [-0.15, -0.1) is 4.99 Å². The van der Waals surface area contributed by atoms with Gasteiger partial charge in [-0.1, -0.05) is 17.7 Å². The van der Waals surface area contributed by atoms with Crippen LogP contribution in [0.3, 0.4) is 0 Å². The number of ether oxygens (including phenoxy) is 1. The summed E-state index contributed by atoms with van der Waals surface area (Å²) < 4.78 is 8.88. The molecule has 0 N–H and O–H groups in total. The van der Waals surface area contributed by atoms with Crippen LogP contribution in [0.4, 0.5) is 0 Å². The Labute approximate surface area is 217 Å². The molecule has 0 unspecified atom stereocenters. The van der Waals surface area contributed by atoms with Gasteiger partial charge < -0.3 is 9.30 Å². The highest BCUT2D eigenvalue weighted by atomic mass is 35.5. The van der Waals surface area contributed by atoms with E-state index in [0.29, 0.717) is 27.9 Å². The van der Waals surface area contributed by atoms with Gasteiger partial charge in [0.1, 0.15) is 5.02 Å². The first-order valence-corrected chi connectivity index (χ1v) is 11.7. The van der Waals surface area contributed by atoms with Gasteiger partial charge in [-0.05, 0) is 49.7 Å². The standard InChI is InChI=1S/C27H21ClN8O/c1-27(2,14-29)23-8-6-18(12-32-23)36-24-19-9-16(17-10-20(28)25(37-4)33-11-17)5-7-21(19)31-13-22(24)35(3)26(36)34-15-30/h5-13H,1-4H3/b34-26-. The van der Waals surface area contributed by atoms with Crippen molar-refractivity contribution in [2.75, 3.05) is 7.11 Å². The highest BCUT2D eigenvalue weighted by Crippen LogP contribution is 2.32. The van der Waals surface area contributed by atoms with Gasteiger partial charge in [-0.3, -0.25) is 14.5 Å². The number of aryl methyl sites for hydroxylation is 1. The van der Waals surface area contributed by atoms with E-state index in [1.165, 1.54) is 7.11 Å². The smallest absolute Gasteiger partial charge is 0.232 e. The molecular formula is C27H21ClN8O. The third-order valence-corrected chi connectivity index (χ3v) is 6.59. The first-order valence-electron chi connectivity index (χ1n) is 11.3. The molecule has 5 aromatic rings. The molecule has 0 spiro atoms. The highest BCUT2D eigenvalue weighted by molar-refractivity contribution is 6.32. The molecule has 4 heterocycles. The minimum absolute atomic E-state index is 0.356. The lowest BCUT2D eigenvalue weighted by Gasteiger charge is -2.15. The molecule has 0 aliphatic rings. The largest absolute Gasteiger partial charge is 0.480 e. The summed E-state index contributed by atoms with van der Waals surface area (Å²) in [5.41, 5.74) is 5.09. The van der Waals surface area contributed by atoms with Gasteiger partial charge in [0.15, 0.2) is 0 Å². The van der Waals surface area contributed by atoms with E-state index in [0.717, 1.165) is 33.1 Å². The summed E-state index contributed by atoms with van der Waals surface area (Å²) in [7, 11) is 3.35. The summed E-state index contributed by atoms with van der Waals surface area (Å²) in [6, 6.07) is 13.7. The second-order valence-electron chi connectivity index (χ2n) is 8.98. The molecule has 0 radical (unpaired) electrons. The minimum atomic E-state index is -0.735. The van der Waals surface area contributed by atoms with Crippen LogP contribution in [0.1, 0.15) is 19.5 Å². The van der Waals surface area contributed by atoms with Crippen molar-refractivity contribution in [1.82, 2.24) is 24.1 Å². The second-order valence-corrected chi connectivity index (χ2v) is 9.39. The van der Waals surface area contributed by atoms with Crippen LogP contribution < -0.4 is 10.4 Å². The third kappa shape index (κ3) is 3.96. The zero-order chi connectivity index (χ0) is 26.3. The summed E-state index contributed by atoms with van der Waals surface area (Å²) in [5.74, 6) is 0.356. The molecule has 0 saturated carbocycles. The molecule has 0 saturated heterocycles. The van der Waals surface area contributed by atoms with E-state index in [-0.39, 0.29) is 0 Å². The maximum absolute atomic E-state index is 9.50. The van der Waals surface area contributed by atoms with Crippen molar-refractivity contribution >= 4 is 33.5 Å². The summed E-state index contributed by atoms with van der Waals surface area (Å²) in [5, 5.41) is 20.2. The highest BCUT2D eigenvalue weighted by Gasteiger charge is 2.22. The summed E-state index contributed by atoms with van der Waals surface area (Å²) in [6.07, 6.45) is 7.06. The van der Waals surface area contributed by atoms with Crippen LogP contribution in [0.25, 0.3) is 38.8 Å². The van der Waals surface area contributed by atoms with Gasteiger partial charge in [0, 0.05) is 24.2 Å². The Morgan fingerprint density at radius 1 is 1.00 bits per heavy atom. The van der Waals surface area contributed by atoms with E-state index >= 15 is 0 Å². The molecule has 0 atom stereocenters. The second kappa shape index (κ2) is 9.05. The van der Waals surface area contributed by atoms with Crippen molar-refractivity contribution in [2.45, 2.75) is 19.3 Å². The number of fused-ring (bicyclic) bond motifs is 3. The average Bonchev–Trinajstić information content (AvgIpc) is 3.20. The van der Waals surface area contributed by atoms with E-state index in [1.807, 2.05) is 66.6 Å². The first-order chi connectivity index (χ1) is 17.8. The molecular weight excluding hydrogens is 488 g/mol. The van der Waals surface area contributed by atoms with Crippen molar-refractivity contribution in [3.8, 4) is 35.0 Å². The Hall–Kier alpha value is -4.73. The van der Waals surface area contributed by atoms with Gasteiger partial charge in [0.05, 0.1) is 58.9 Å². The Kier molecular flexibility index (Phi) is 5.87. The Morgan fingerprint density at radius 2 is 1.81 bits per heavy atom. The van der Waals surface area contributed by atoms with E-state index in [1.54, 1.807) is 24.7 Å². The number of nitriles is 2. The van der Waals surface area contributed by atoms with Crippen LogP contribution >= 0.6 is 11.6 Å². The predicted molar refractivity (Wildman–Crippen MR) is 140 cm³/mol. The topological polar surface area (TPSA) is 118 Å². The number of imidazole rings is 1. The van der Waals surface area contributed by atoms with Gasteiger partial charge in [-0.2, -0.15) is 10.5 Å². The number of rotatable bonds is 4. The minimum Gasteiger partial charge on any atom is -0.480 e. The quantitative estimate of drug-likeness (QED) is 0.321. The fourth-order valence-electron chi connectivity index (χ4n) is 4.28. The van der Waals surface area contributed by atoms with Gasteiger partial charge in [0.25, 0.3) is 0 Å². The normalized spacial score (nSPS) is 12.0. The van der Waals surface area contributed by atoms with E-state index in [4.69, 9.17) is 16.3 Å². The van der Waals surface area contributed by atoms with Crippen molar-refractivity contribution in [3.05, 3.63) is 71.3 Å². The number of hydrogen-bond acceptors (Lipinski definition) is 7. The lowest BCUT2D eigenvalue weighted by atomic mass is 9.91. The van der Waals surface area contributed by atoms with E-state index in [2.05, 4.69) is 26.0 Å². The van der Waals surface area contributed by atoms with Crippen molar-refractivity contribution in [3.63, 3.8) is 0 Å². The predicted octanol–water partition coefficient (Wildman–Crippen LogP) is 4.82. The van der Waals surface area contributed by atoms with E-state index < -0.39 is 5.41 Å². The van der Waals surface area contributed by atoms with Crippen LogP contribution in [0, 0.1) is 22.8 Å². The average molecular weight is 509 g/mol. The maximum Gasteiger partial charge on any atom is 0.232 e. The molecule has 0 amide bonds. The molecule has 182 valence electrons. The Balaban J connectivity index is 1.82. The van der Waals surface area contributed by atoms with Crippen molar-refractivity contribution in [2.24, 2.45) is 12.0 Å². The number of nitrogens with zero attached hydrogens (tertiary/aromatic N) is 8.